The molecule has 1 aromatic carbocycles. The van der Waals surface area contributed by atoms with E-state index in [1.54, 1.807) is 0 Å². The fraction of sp³-hybridized carbons (Fsp3) is 0.435. The summed E-state index contributed by atoms with van der Waals surface area (Å²) in [6.45, 7) is 15.2. The summed E-state index contributed by atoms with van der Waals surface area (Å²) in [5.41, 5.74) is 7.41. The number of hydrogen-bond acceptors (Lipinski definition) is 1. The molecule has 26 heavy (non-hydrogen) atoms. The van der Waals surface area contributed by atoms with Crippen molar-refractivity contribution in [1.82, 2.24) is 4.57 Å². The van der Waals surface area contributed by atoms with Crippen molar-refractivity contribution in [1.29, 1.82) is 0 Å². The number of rotatable bonds is 3. The first kappa shape index (κ1) is 18.5. The van der Waals surface area contributed by atoms with E-state index in [0.717, 1.165) is 5.56 Å². The van der Waals surface area contributed by atoms with Crippen LogP contribution in [0, 0.1) is 6.92 Å². The maximum Gasteiger partial charge on any atom is 0.337 e. The van der Waals surface area contributed by atoms with Crippen molar-refractivity contribution in [2.45, 2.75) is 58.3 Å². The molecule has 1 heterocycles. The van der Waals surface area contributed by atoms with Crippen LogP contribution in [0.3, 0.4) is 0 Å². The fourth-order valence-electron chi connectivity index (χ4n) is 4.15. The van der Waals surface area contributed by atoms with Crippen LogP contribution in [0.4, 0.5) is 0 Å². The molecule has 3 nitrogen and oxygen atoms in total. The van der Waals surface area contributed by atoms with Gasteiger partial charge < -0.3 is 9.67 Å². The van der Waals surface area contributed by atoms with Gasteiger partial charge in [-0.25, -0.2) is 4.79 Å². The van der Waals surface area contributed by atoms with E-state index >= 15 is 0 Å². The Bertz CT molecular complexity index is 913. The van der Waals surface area contributed by atoms with Gasteiger partial charge in [-0.15, -0.1) is 0 Å². The monoisotopic (exact) mass is 351 g/mol. The van der Waals surface area contributed by atoms with E-state index in [0.29, 0.717) is 5.69 Å². The van der Waals surface area contributed by atoms with Gasteiger partial charge >= 0.3 is 5.97 Å². The molecule has 0 radical (unpaired) electrons. The van der Waals surface area contributed by atoms with Crippen LogP contribution in [0.5, 0.6) is 0 Å². The van der Waals surface area contributed by atoms with Crippen molar-refractivity contribution < 1.29 is 9.90 Å². The predicted molar refractivity (Wildman–Crippen MR) is 108 cm³/mol. The van der Waals surface area contributed by atoms with E-state index < -0.39 is 5.97 Å². The number of carboxylic acids is 1. The molecular weight excluding hydrogens is 322 g/mol. The molecule has 0 spiro atoms. The molecule has 0 bridgehead atoms. The minimum atomic E-state index is -0.984. The number of benzene rings is 1. The first-order valence-corrected chi connectivity index (χ1v) is 9.19. The molecule has 1 aliphatic rings. The van der Waals surface area contributed by atoms with Crippen molar-refractivity contribution in [3.05, 3.63) is 53.4 Å². The van der Waals surface area contributed by atoms with Crippen LogP contribution >= 0.6 is 0 Å². The molecule has 3 rings (SSSR count). The van der Waals surface area contributed by atoms with Crippen molar-refractivity contribution in [3.8, 4) is 11.1 Å². The van der Waals surface area contributed by atoms with E-state index in [1.807, 2.05) is 23.9 Å². The summed E-state index contributed by atoms with van der Waals surface area (Å²) in [5.74, 6) is -0.984. The van der Waals surface area contributed by atoms with Gasteiger partial charge in [0, 0.05) is 18.8 Å². The summed E-state index contributed by atoms with van der Waals surface area (Å²) in [6, 6.07) is 6.60. The second kappa shape index (κ2) is 5.87. The summed E-state index contributed by atoms with van der Waals surface area (Å²) in [4.78, 5) is 11.3. The molecule has 0 saturated heterocycles. The Balaban J connectivity index is 2.18. The molecule has 1 aromatic heterocycles. The highest BCUT2D eigenvalue weighted by Gasteiger charge is 2.37. The quantitative estimate of drug-likeness (QED) is 0.747. The predicted octanol–water partition coefficient (Wildman–Crippen LogP) is 5.45. The summed E-state index contributed by atoms with van der Waals surface area (Å²) in [7, 11) is 1.87. The third-order valence-electron chi connectivity index (χ3n) is 6.08. The van der Waals surface area contributed by atoms with E-state index in [2.05, 4.69) is 53.3 Å². The average Bonchev–Trinajstić information content (AvgIpc) is 2.92. The molecular formula is C23H29NO2. The molecule has 3 heteroatoms. The number of carbonyl (C=O) groups is 1. The average molecular weight is 351 g/mol. The summed E-state index contributed by atoms with van der Waals surface area (Å²) in [5, 5.41) is 9.27. The summed E-state index contributed by atoms with van der Waals surface area (Å²) < 4.78 is 1.85. The molecule has 1 aliphatic carbocycles. The first-order valence-electron chi connectivity index (χ1n) is 9.19. The normalized spacial score (nSPS) is 17.6. The van der Waals surface area contributed by atoms with Crippen molar-refractivity contribution in [2.24, 2.45) is 7.05 Å². The van der Waals surface area contributed by atoms with E-state index in [1.165, 1.54) is 35.1 Å². The van der Waals surface area contributed by atoms with Gasteiger partial charge in [0.1, 0.15) is 0 Å². The molecule has 0 atom stereocenters. The summed E-state index contributed by atoms with van der Waals surface area (Å²) in [6.07, 6.45) is 4.37. The Morgan fingerprint density at radius 2 is 1.62 bits per heavy atom. The van der Waals surface area contributed by atoms with Gasteiger partial charge in [0.05, 0.1) is 11.3 Å². The highest BCUT2D eigenvalue weighted by Crippen LogP contribution is 2.47. The molecule has 0 fully saturated rings. The van der Waals surface area contributed by atoms with Crippen LogP contribution in [0.25, 0.3) is 16.7 Å². The Labute approximate surface area is 156 Å². The van der Waals surface area contributed by atoms with Crippen molar-refractivity contribution in [3.63, 3.8) is 0 Å². The van der Waals surface area contributed by atoms with E-state index in [9.17, 15) is 9.90 Å². The topological polar surface area (TPSA) is 42.2 Å². The number of carboxylic acid groups (broad SMARTS) is 1. The van der Waals surface area contributed by atoms with Gasteiger partial charge in [0.25, 0.3) is 0 Å². The second-order valence-electron chi connectivity index (χ2n) is 8.99. The standard InChI is InChI=1S/C23H29NO2/c1-14-10-18-19(23(5,6)9-8-22(18,3)4)12-17(14)16-11-20(24(7)13-16)15(2)21(25)26/h10-13H,2,8-9H2,1,3-7H3,(H,25,26). The number of hydrogen-bond donors (Lipinski definition) is 1. The zero-order valence-electron chi connectivity index (χ0n) is 16.7. The van der Waals surface area contributed by atoms with Crippen LogP contribution in [0.15, 0.2) is 31.0 Å². The highest BCUT2D eigenvalue weighted by atomic mass is 16.4. The van der Waals surface area contributed by atoms with Crippen LogP contribution in [0.2, 0.25) is 0 Å². The number of fused-ring (bicyclic) bond motifs is 1. The Hall–Kier alpha value is -2.29. The Morgan fingerprint density at radius 3 is 2.15 bits per heavy atom. The lowest BCUT2D eigenvalue weighted by Gasteiger charge is -2.42. The number of aromatic nitrogens is 1. The zero-order chi connectivity index (χ0) is 19.4. The van der Waals surface area contributed by atoms with Crippen LogP contribution in [0.1, 0.15) is 62.9 Å². The maximum absolute atomic E-state index is 11.3. The minimum Gasteiger partial charge on any atom is -0.478 e. The molecule has 1 N–H and O–H groups in total. The van der Waals surface area contributed by atoms with Crippen LogP contribution in [-0.2, 0) is 22.7 Å². The van der Waals surface area contributed by atoms with Gasteiger partial charge in [-0.3, -0.25) is 0 Å². The third kappa shape index (κ3) is 2.90. The first-order chi connectivity index (χ1) is 11.9. The van der Waals surface area contributed by atoms with Crippen molar-refractivity contribution >= 4 is 11.5 Å². The maximum atomic E-state index is 11.3. The third-order valence-corrected chi connectivity index (χ3v) is 6.08. The molecule has 138 valence electrons. The van der Waals surface area contributed by atoms with Crippen molar-refractivity contribution in [2.75, 3.05) is 0 Å². The zero-order valence-corrected chi connectivity index (χ0v) is 16.7. The lowest BCUT2D eigenvalue weighted by molar-refractivity contribution is -0.130. The molecule has 0 saturated carbocycles. The van der Waals surface area contributed by atoms with E-state index in [-0.39, 0.29) is 16.4 Å². The Morgan fingerprint density at radius 1 is 1.08 bits per heavy atom. The van der Waals surface area contributed by atoms with Gasteiger partial charge in [-0.05, 0) is 65.0 Å². The molecule has 0 unspecified atom stereocenters. The minimum absolute atomic E-state index is 0.121. The second-order valence-corrected chi connectivity index (χ2v) is 8.99. The number of nitrogens with zero attached hydrogens (tertiary/aromatic N) is 1. The molecule has 0 amide bonds. The smallest absolute Gasteiger partial charge is 0.337 e. The fourth-order valence-corrected chi connectivity index (χ4v) is 4.15. The summed E-state index contributed by atoms with van der Waals surface area (Å²) >= 11 is 0. The largest absolute Gasteiger partial charge is 0.478 e. The lowest BCUT2D eigenvalue weighted by Crippen LogP contribution is -2.34. The van der Waals surface area contributed by atoms with Crippen LogP contribution in [-0.4, -0.2) is 15.6 Å². The number of aryl methyl sites for hydroxylation is 2. The van der Waals surface area contributed by atoms with Gasteiger partial charge in [-0.2, -0.15) is 0 Å². The molecule has 0 aliphatic heterocycles. The molecule has 2 aromatic rings. The van der Waals surface area contributed by atoms with E-state index in [4.69, 9.17) is 0 Å². The van der Waals surface area contributed by atoms with Gasteiger partial charge in [0.2, 0.25) is 0 Å². The Kier molecular flexibility index (Phi) is 4.18. The number of aliphatic carboxylic acids is 1. The lowest BCUT2D eigenvalue weighted by atomic mass is 9.62. The van der Waals surface area contributed by atoms with Gasteiger partial charge in [0.15, 0.2) is 0 Å². The van der Waals surface area contributed by atoms with Gasteiger partial charge in [-0.1, -0.05) is 40.3 Å². The SMILES string of the molecule is C=C(C(=O)O)c1cc(-c2cc3c(cc2C)C(C)(C)CCC3(C)C)cn1C. The highest BCUT2D eigenvalue weighted by molar-refractivity contribution is 6.14. The van der Waals surface area contributed by atoms with Crippen LogP contribution < -0.4 is 0 Å².